The molecule has 2 atom stereocenters. The second-order valence-corrected chi connectivity index (χ2v) is 6.09. The summed E-state index contributed by atoms with van der Waals surface area (Å²) in [5.74, 6) is 1.50. The lowest BCUT2D eigenvalue weighted by atomic mass is 10.1. The zero-order valence-corrected chi connectivity index (χ0v) is 16.0. The van der Waals surface area contributed by atoms with E-state index in [1.165, 1.54) is 0 Å². The van der Waals surface area contributed by atoms with Crippen LogP contribution in [0, 0.1) is 5.92 Å². The van der Waals surface area contributed by atoms with Crippen LogP contribution in [0.2, 0.25) is 0 Å². The molecule has 2 unspecified atom stereocenters. The van der Waals surface area contributed by atoms with E-state index >= 15 is 0 Å². The number of nitrogens with zero attached hydrogens (tertiary/aromatic N) is 1. The zero-order chi connectivity index (χ0) is 15.9. The fourth-order valence-corrected chi connectivity index (χ4v) is 2.81. The first-order valence-corrected chi connectivity index (χ1v) is 8.00. The number of para-hydroxylation sites is 2. The molecule has 0 aliphatic carbocycles. The van der Waals surface area contributed by atoms with Gasteiger partial charge < -0.3 is 20.7 Å². The Balaban J connectivity index is 0.00000264. The monoisotopic (exact) mass is 377 g/mol. The molecule has 1 aliphatic heterocycles. The van der Waals surface area contributed by atoms with Gasteiger partial charge in [0, 0.05) is 32.1 Å². The molecule has 0 radical (unpaired) electrons. The summed E-state index contributed by atoms with van der Waals surface area (Å²) >= 11 is 0. The Morgan fingerprint density at radius 1 is 1.42 bits per heavy atom. The van der Waals surface area contributed by atoms with Gasteiger partial charge in [-0.1, -0.05) is 12.1 Å². The van der Waals surface area contributed by atoms with E-state index in [0.717, 1.165) is 43.9 Å². The minimum atomic E-state index is 0. The summed E-state index contributed by atoms with van der Waals surface area (Å²) < 4.78 is 5.42. The Kier molecular flexibility index (Phi) is 10.8. The molecule has 1 fully saturated rings. The Labute approximate surface area is 157 Å². The Morgan fingerprint density at radius 2 is 2.12 bits per heavy atom. The van der Waals surface area contributed by atoms with Crippen molar-refractivity contribution in [2.24, 2.45) is 11.7 Å². The Morgan fingerprint density at radius 3 is 2.79 bits per heavy atom. The van der Waals surface area contributed by atoms with Crippen LogP contribution in [0.3, 0.4) is 0 Å². The van der Waals surface area contributed by atoms with E-state index < -0.39 is 0 Å². The van der Waals surface area contributed by atoms with E-state index in [2.05, 4.69) is 16.3 Å². The highest BCUT2D eigenvalue weighted by atomic mass is 35.5. The van der Waals surface area contributed by atoms with Crippen molar-refractivity contribution in [2.45, 2.75) is 32.2 Å². The van der Waals surface area contributed by atoms with Gasteiger partial charge in [0.1, 0.15) is 5.75 Å². The maximum absolute atomic E-state index is 11.8. The van der Waals surface area contributed by atoms with Gasteiger partial charge in [0.25, 0.3) is 0 Å². The molecule has 0 saturated carbocycles. The molecule has 0 aromatic heterocycles. The van der Waals surface area contributed by atoms with Crippen LogP contribution in [-0.2, 0) is 4.79 Å². The third kappa shape index (κ3) is 6.75. The number of ether oxygens (including phenoxy) is 1. The number of hydrogen-bond donors (Lipinski definition) is 2. The molecule has 1 amide bonds. The highest BCUT2D eigenvalue weighted by Gasteiger charge is 2.24. The van der Waals surface area contributed by atoms with Gasteiger partial charge in [-0.25, -0.2) is 0 Å². The maximum atomic E-state index is 11.8. The number of carbonyl (C=O) groups is 1. The van der Waals surface area contributed by atoms with Crippen LogP contribution in [0.4, 0.5) is 5.69 Å². The Hall–Kier alpha value is -1.17. The van der Waals surface area contributed by atoms with Crippen LogP contribution in [0.5, 0.6) is 5.75 Å². The summed E-state index contributed by atoms with van der Waals surface area (Å²) in [5, 5.41) is 3.03. The Bertz CT molecular complexity index is 500. The standard InChI is InChI=1S/C17H27N3O2.2ClH/c1-13(18)7-8-17(21)19-11-14-9-10-20(12-14)15-5-3-4-6-16(15)22-2;;/h3-6,13-14H,7-12,18H2,1-2H3,(H,19,21);2*1H. The minimum absolute atomic E-state index is 0. The molecule has 7 heteroatoms. The molecule has 5 nitrogen and oxygen atoms in total. The minimum Gasteiger partial charge on any atom is -0.495 e. The second kappa shape index (κ2) is 11.4. The van der Waals surface area contributed by atoms with E-state index in [4.69, 9.17) is 10.5 Å². The summed E-state index contributed by atoms with van der Waals surface area (Å²) in [6.45, 7) is 4.62. The normalized spacial score (nSPS) is 17.5. The molecule has 0 bridgehead atoms. The highest BCUT2D eigenvalue weighted by molar-refractivity contribution is 5.85. The number of hydrogen-bond acceptors (Lipinski definition) is 4. The van der Waals surface area contributed by atoms with Gasteiger partial charge in [-0.15, -0.1) is 24.8 Å². The van der Waals surface area contributed by atoms with Gasteiger partial charge in [-0.2, -0.15) is 0 Å². The van der Waals surface area contributed by atoms with Crippen molar-refractivity contribution in [3.63, 3.8) is 0 Å². The molecule has 1 aromatic carbocycles. The summed E-state index contributed by atoms with van der Waals surface area (Å²) in [5.41, 5.74) is 6.81. The molecule has 1 aliphatic rings. The molecule has 138 valence electrons. The van der Waals surface area contributed by atoms with Gasteiger partial charge in [0.2, 0.25) is 5.91 Å². The fraction of sp³-hybridized carbons (Fsp3) is 0.588. The highest BCUT2D eigenvalue weighted by Crippen LogP contribution is 2.31. The molecule has 24 heavy (non-hydrogen) atoms. The number of anilines is 1. The first-order chi connectivity index (χ1) is 10.6. The van der Waals surface area contributed by atoms with Crippen LogP contribution in [-0.4, -0.2) is 38.7 Å². The smallest absolute Gasteiger partial charge is 0.220 e. The first-order valence-electron chi connectivity index (χ1n) is 8.00. The van der Waals surface area contributed by atoms with Crippen molar-refractivity contribution in [1.29, 1.82) is 0 Å². The van der Waals surface area contributed by atoms with E-state index in [1.54, 1.807) is 7.11 Å². The van der Waals surface area contributed by atoms with Crippen molar-refractivity contribution in [3.05, 3.63) is 24.3 Å². The predicted molar refractivity (Wildman–Crippen MR) is 104 cm³/mol. The zero-order valence-electron chi connectivity index (χ0n) is 14.4. The van der Waals surface area contributed by atoms with Crippen molar-refractivity contribution in [2.75, 3.05) is 31.6 Å². The lowest BCUT2D eigenvalue weighted by molar-refractivity contribution is -0.121. The van der Waals surface area contributed by atoms with Crippen LogP contribution >= 0.6 is 24.8 Å². The molecule has 3 N–H and O–H groups in total. The summed E-state index contributed by atoms with van der Waals surface area (Å²) in [4.78, 5) is 14.1. The number of rotatable bonds is 7. The van der Waals surface area contributed by atoms with E-state index in [9.17, 15) is 4.79 Å². The van der Waals surface area contributed by atoms with Gasteiger partial charge in [-0.3, -0.25) is 4.79 Å². The predicted octanol–water partition coefficient (Wildman–Crippen LogP) is 2.61. The van der Waals surface area contributed by atoms with Crippen LogP contribution < -0.4 is 20.7 Å². The van der Waals surface area contributed by atoms with Crippen molar-refractivity contribution >= 4 is 36.4 Å². The van der Waals surface area contributed by atoms with Crippen LogP contribution in [0.1, 0.15) is 26.2 Å². The lowest BCUT2D eigenvalue weighted by Crippen LogP contribution is -2.31. The molecular formula is C17H29Cl2N3O2. The number of nitrogens with two attached hydrogens (primary N) is 1. The number of nitrogens with one attached hydrogen (secondary N) is 1. The molecule has 0 spiro atoms. The van der Waals surface area contributed by atoms with Crippen molar-refractivity contribution in [3.8, 4) is 5.75 Å². The summed E-state index contributed by atoms with van der Waals surface area (Å²) in [6.07, 6.45) is 2.34. The average molecular weight is 378 g/mol. The summed E-state index contributed by atoms with van der Waals surface area (Å²) in [7, 11) is 1.70. The fourth-order valence-electron chi connectivity index (χ4n) is 2.81. The number of methoxy groups -OCH3 is 1. The van der Waals surface area contributed by atoms with Gasteiger partial charge in [-0.05, 0) is 37.8 Å². The topological polar surface area (TPSA) is 67.6 Å². The quantitative estimate of drug-likeness (QED) is 0.766. The second-order valence-electron chi connectivity index (χ2n) is 6.09. The molecule has 1 heterocycles. The molecule has 1 saturated heterocycles. The molecule has 1 aromatic rings. The van der Waals surface area contributed by atoms with E-state index in [0.29, 0.717) is 12.3 Å². The first kappa shape index (κ1) is 22.8. The third-order valence-electron chi connectivity index (χ3n) is 4.13. The number of carbonyl (C=O) groups excluding carboxylic acids is 1. The largest absolute Gasteiger partial charge is 0.495 e. The van der Waals surface area contributed by atoms with Crippen molar-refractivity contribution in [1.82, 2.24) is 5.32 Å². The molecule has 2 rings (SSSR count). The van der Waals surface area contributed by atoms with E-state index in [1.807, 2.05) is 25.1 Å². The van der Waals surface area contributed by atoms with Crippen LogP contribution in [0.15, 0.2) is 24.3 Å². The lowest BCUT2D eigenvalue weighted by Gasteiger charge is -2.21. The number of halogens is 2. The maximum Gasteiger partial charge on any atom is 0.220 e. The van der Waals surface area contributed by atoms with Gasteiger partial charge in [0.15, 0.2) is 0 Å². The van der Waals surface area contributed by atoms with Crippen molar-refractivity contribution < 1.29 is 9.53 Å². The number of benzene rings is 1. The average Bonchev–Trinajstić information content (AvgIpc) is 2.99. The van der Waals surface area contributed by atoms with E-state index in [-0.39, 0.29) is 36.8 Å². The number of amides is 1. The molecular weight excluding hydrogens is 349 g/mol. The third-order valence-corrected chi connectivity index (χ3v) is 4.13. The van der Waals surface area contributed by atoms with Gasteiger partial charge >= 0.3 is 0 Å². The summed E-state index contributed by atoms with van der Waals surface area (Å²) in [6, 6.07) is 8.16. The SMILES string of the molecule is COc1ccccc1N1CCC(CNC(=O)CCC(C)N)C1.Cl.Cl. The van der Waals surface area contributed by atoms with Gasteiger partial charge in [0.05, 0.1) is 12.8 Å². The van der Waals surface area contributed by atoms with Crippen LogP contribution in [0.25, 0.3) is 0 Å².